The molecule has 6 heteroatoms. The molecule has 2 rings (SSSR count). The predicted molar refractivity (Wildman–Crippen MR) is 58.4 cm³/mol. The number of aromatic nitrogens is 3. The Bertz CT molecular complexity index is 318. The van der Waals surface area contributed by atoms with Crippen molar-refractivity contribution in [1.29, 1.82) is 0 Å². The molecule has 0 radical (unpaired) electrons. The third-order valence-electron chi connectivity index (χ3n) is 2.10. The minimum absolute atomic E-state index is 0.292. The molecule has 0 saturated carbocycles. The Kier molecular flexibility index (Phi) is 2.72. The van der Waals surface area contributed by atoms with E-state index in [-0.39, 0.29) is 0 Å². The summed E-state index contributed by atoms with van der Waals surface area (Å²) in [7, 11) is 0. The molecule has 2 N–H and O–H groups in total. The van der Waals surface area contributed by atoms with Gasteiger partial charge in [-0.2, -0.15) is 16.7 Å². The van der Waals surface area contributed by atoms with Gasteiger partial charge in [-0.05, 0) is 0 Å². The van der Waals surface area contributed by atoms with Gasteiger partial charge in [-0.3, -0.25) is 0 Å². The number of hydrogen-bond acceptors (Lipinski definition) is 6. The van der Waals surface area contributed by atoms with Crippen molar-refractivity contribution >= 4 is 23.7 Å². The zero-order valence-corrected chi connectivity index (χ0v) is 8.87. The molecule has 76 valence electrons. The molecule has 1 unspecified atom stereocenters. The lowest BCUT2D eigenvalue weighted by Gasteiger charge is -2.30. The zero-order valence-electron chi connectivity index (χ0n) is 8.05. The van der Waals surface area contributed by atoms with E-state index in [2.05, 4.69) is 26.8 Å². The fourth-order valence-electron chi connectivity index (χ4n) is 1.45. The molecule has 5 nitrogen and oxygen atoms in total. The smallest absolute Gasteiger partial charge is 0.230 e. The van der Waals surface area contributed by atoms with Crippen molar-refractivity contribution in [3.63, 3.8) is 0 Å². The second-order valence-electron chi connectivity index (χ2n) is 3.27. The van der Waals surface area contributed by atoms with Gasteiger partial charge in [0.2, 0.25) is 11.9 Å². The van der Waals surface area contributed by atoms with E-state index >= 15 is 0 Å². The van der Waals surface area contributed by atoms with E-state index in [4.69, 9.17) is 5.73 Å². The summed E-state index contributed by atoms with van der Waals surface area (Å²) in [5.74, 6) is 2.11. The number of hydrogen-bond donors (Lipinski definition) is 1. The molecule has 1 fully saturated rings. The number of nitrogen functional groups attached to an aromatic ring is 1. The van der Waals surface area contributed by atoms with Gasteiger partial charge in [0, 0.05) is 24.1 Å². The Morgan fingerprint density at radius 3 is 3.14 bits per heavy atom. The summed E-state index contributed by atoms with van der Waals surface area (Å²) >= 11 is 1.98. The van der Waals surface area contributed by atoms with Gasteiger partial charge in [-0.1, -0.05) is 6.92 Å². The van der Waals surface area contributed by atoms with E-state index in [0.717, 1.165) is 18.8 Å². The molecule has 1 atom stereocenters. The first kappa shape index (κ1) is 9.51. The van der Waals surface area contributed by atoms with Crippen LogP contribution < -0.4 is 10.6 Å². The van der Waals surface area contributed by atoms with Crippen molar-refractivity contribution in [1.82, 2.24) is 15.0 Å². The highest BCUT2D eigenvalue weighted by atomic mass is 32.2. The summed E-state index contributed by atoms with van der Waals surface area (Å²) in [5.41, 5.74) is 5.51. The van der Waals surface area contributed by atoms with Crippen molar-refractivity contribution in [3.05, 3.63) is 6.33 Å². The number of nitrogens with zero attached hydrogens (tertiary/aromatic N) is 4. The number of rotatable bonds is 1. The molecule has 1 aliphatic heterocycles. The normalized spacial score (nSPS) is 22.4. The second kappa shape index (κ2) is 4.00. The van der Waals surface area contributed by atoms with Crippen LogP contribution in [0.3, 0.4) is 0 Å². The predicted octanol–water partition coefficient (Wildman–Crippen LogP) is 0.396. The average molecular weight is 211 g/mol. The van der Waals surface area contributed by atoms with E-state index < -0.39 is 0 Å². The highest BCUT2D eigenvalue weighted by molar-refractivity contribution is 8.00. The molecule has 2 heterocycles. The fraction of sp³-hybridized carbons (Fsp3) is 0.625. The third kappa shape index (κ3) is 2.06. The van der Waals surface area contributed by atoms with Crippen LogP contribution in [0.2, 0.25) is 0 Å². The van der Waals surface area contributed by atoms with Gasteiger partial charge in [0.1, 0.15) is 6.33 Å². The van der Waals surface area contributed by atoms with Gasteiger partial charge in [0.15, 0.2) is 0 Å². The lowest BCUT2D eigenvalue weighted by atomic mass is 10.4. The van der Waals surface area contributed by atoms with Crippen molar-refractivity contribution < 1.29 is 0 Å². The summed E-state index contributed by atoms with van der Waals surface area (Å²) in [6.07, 6.45) is 1.46. The highest BCUT2D eigenvalue weighted by Gasteiger charge is 2.18. The molecule has 1 aliphatic rings. The SMILES string of the molecule is CC1CN(c2ncnc(N)n2)CCS1. The Morgan fingerprint density at radius 2 is 2.43 bits per heavy atom. The van der Waals surface area contributed by atoms with Crippen LogP contribution in [0.5, 0.6) is 0 Å². The van der Waals surface area contributed by atoms with Gasteiger partial charge >= 0.3 is 0 Å². The van der Waals surface area contributed by atoms with Gasteiger partial charge in [-0.15, -0.1) is 0 Å². The molecule has 1 aromatic rings. The standard InChI is InChI=1S/C8H13N5S/c1-6-4-13(2-3-14-6)8-11-5-10-7(9)12-8/h5-6H,2-4H2,1H3,(H2,9,10,11,12). The van der Waals surface area contributed by atoms with E-state index in [0.29, 0.717) is 17.1 Å². The minimum atomic E-state index is 0.292. The van der Waals surface area contributed by atoms with Crippen LogP contribution in [0, 0.1) is 0 Å². The zero-order chi connectivity index (χ0) is 9.97. The molecule has 14 heavy (non-hydrogen) atoms. The lowest BCUT2D eigenvalue weighted by Crippen LogP contribution is -2.37. The first-order valence-corrected chi connectivity index (χ1v) is 5.61. The van der Waals surface area contributed by atoms with Crippen LogP contribution in [0.1, 0.15) is 6.92 Å². The Balaban J connectivity index is 2.14. The van der Waals surface area contributed by atoms with Crippen molar-refractivity contribution in [2.24, 2.45) is 0 Å². The Labute approximate surface area is 87.1 Å². The molecule has 0 bridgehead atoms. The average Bonchev–Trinajstić information content (AvgIpc) is 2.18. The minimum Gasteiger partial charge on any atom is -0.368 e. The summed E-state index contributed by atoms with van der Waals surface area (Å²) in [6, 6.07) is 0. The second-order valence-corrected chi connectivity index (χ2v) is 4.82. The topological polar surface area (TPSA) is 67.9 Å². The summed E-state index contributed by atoms with van der Waals surface area (Å²) < 4.78 is 0. The molecule has 0 amide bonds. The van der Waals surface area contributed by atoms with Gasteiger partial charge < -0.3 is 10.6 Å². The van der Waals surface area contributed by atoms with Gasteiger partial charge in [0.25, 0.3) is 0 Å². The lowest BCUT2D eigenvalue weighted by molar-refractivity contribution is 0.751. The maximum absolute atomic E-state index is 5.51. The van der Waals surface area contributed by atoms with Crippen LogP contribution in [0.25, 0.3) is 0 Å². The molecular formula is C8H13N5S. The van der Waals surface area contributed by atoms with Gasteiger partial charge in [-0.25, -0.2) is 9.97 Å². The monoisotopic (exact) mass is 211 g/mol. The van der Waals surface area contributed by atoms with Crippen LogP contribution >= 0.6 is 11.8 Å². The Morgan fingerprint density at radius 1 is 1.57 bits per heavy atom. The maximum atomic E-state index is 5.51. The molecule has 0 aliphatic carbocycles. The molecule has 1 saturated heterocycles. The summed E-state index contributed by atoms with van der Waals surface area (Å²) in [4.78, 5) is 14.1. The largest absolute Gasteiger partial charge is 0.368 e. The quantitative estimate of drug-likeness (QED) is 0.725. The first-order chi connectivity index (χ1) is 6.75. The van der Waals surface area contributed by atoms with Crippen LogP contribution in [-0.4, -0.2) is 39.0 Å². The van der Waals surface area contributed by atoms with E-state index in [1.165, 1.54) is 6.33 Å². The summed E-state index contributed by atoms with van der Waals surface area (Å²) in [6.45, 7) is 4.17. The molecule has 0 aromatic carbocycles. The van der Waals surface area contributed by atoms with Crippen molar-refractivity contribution in [2.45, 2.75) is 12.2 Å². The van der Waals surface area contributed by atoms with E-state index in [1.54, 1.807) is 0 Å². The van der Waals surface area contributed by atoms with Crippen molar-refractivity contribution in [2.75, 3.05) is 29.5 Å². The van der Waals surface area contributed by atoms with E-state index in [1.807, 2.05) is 11.8 Å². The van der Waals surface area contributed by atoms with Crippen LogP contribution in [0.15, 0.2) is 6.33 Å². The number of thioether (sulfide) groups is 1. The third-order valence-corrected chi connectivity index (χ3v) is 3.24. The number of nitrogens with two attached hydrogens (primary N) is 1. The highest BCUT2D eigenvalue weighted by Crippen LogP contribution is 2.20. The van der Waals surface area contributed by atoms with Crippen LogP contribution in [-0.2, 0) is 0 Å². The van der Waals surface area contributed by atoms with Crippen molar-refractivity contribution in [3.8, 4) is 0 Å². The Hall–Kier alpha value is -1.04. The first-order valence-electron chi connectivity index (χ1n) is 4.57. The van der Waals surface area contributed by atoms with E-state index in [9.17, 15) is 0 Å². The van der Waals surface area contributed by atoms with Crippen LogP contribution in [0.4, 0.5) is 11.9 Å². The maximum Gasteiger partial charge on any atom is 0.230 e. The molecular weight excluding hydrogens is 198 g/mol. The van der Waals surface area contributed by atoms with Gasteiger partial charge in [0.05, 0.1) is 0 Å². The molecule has 0 spiro atoms. The fourth-order valence-corrected chi connectivity index (χ4v) is 2.47. The number of anilines is 2. The summed E-state index contributed by atoms with van der Waals surface area (Å²) in [5, 5.41) is 0.627. The molecule has 1 aromatic heterocycles.